The maximum absolute atomic E-state index is 12.9. The number of nitrogens with zero attached hydrogens (tertiary/aromatic N) is 1. The van der Waals surface area contributed by atoms with Crippen molar-refractivity contribution in [1.29, 1.82) is 0 Å². The Balaban J connectivity index is 2.07. The van der Waals surface area contributed by atoms with Crippen LogP contribution < -0.4 is 5.32 Å². The van der Waals surface area contributed by atoms with Crippen molar-refractivity contribution in [2.75, 3.05) is 5.32 Å². The van der Waals surface area contributed by atoms with Crippen molar-refractivity contribution in [3.05, 3.63) is 53.5 Å². The Labute approximate surface area is 124 Å². The fourth-order valence-corrected chi connectivity index (χ4v) is 2.73. The molecule has 0 aliphatic carbocycles. The van der Waals surface area contributed by atoms with Crippen LogP contribution in [0.4, 0.5) is 5.69 Å². The average Bonchev–Trinajstić information content (AvgIpc) is 2.93. The molecule has 0 unspecified atom stereocenters. The highest BCUT2D eigenvalue weighted by molar-refractivity contribution is 6.01. The van der Waals surface area contributed by atoms with Gasteiger partial charge < -0.3 is 14.6 Å². The monoisotopic (exact) mass is 284 g/mol. The van der Waals surface area contributed by atoms with Crippen LogP contribution in [0.3, 0.4) is 0 Å². The molecule has 0 fully saturated rings. The van der Waals surface area contributed by atoms with Crippen LogP contribution >= 0.6 is 0 Å². The number of fused-ring (bicyclic) bond motifs is 1. The molecule has 1 aliphatic rings. The van der Waals surface area contributed by atoms with E-state index in [-0.39, 0.29) is 18.1 Å². The molecule has 0 spiro atoms. The van der Waals surface area contributed by atoms with Gasteiger partial charge in [0.25, 0.3) is 5.91 Å². The third-order valence-electron chi connectivity index (χ3n) is 4.06. The zero-order chi connectivity index (χ0) is 15.0. The van der Waals surface area contributed by atoms with Gasteiger partial charge in [-0.2, -0.15) is 0 Å². The van der Waals surface area contributed by atoms with Gasteiger partial charge in [-0.3, -0.25) is 4.79 Å². The molecule has 1 amide bonds. The third kappa shape index (κ3) is 2.31. The summed E-state index contributed by atoms with van der Waals surface area (Å²) in [7, 11) is 0. The Hall–Kier alpha value is -2.23. The van der Waals surface area contributed by atoms with E-state index in [1.807, 2.05) is 48.2 Å². The highest BCUT2D eigenvalue weighted by Gasteiger charge is 2.36. The Bertz CT molecular complexity index is 662. The third-order valence-corrected chi connectivity index (χ3v) is 4.06. The van der Waals surface area contributed by atoms with E-state index >= 15 is 0 Å². The summed E-state index contributed by atoms with van der Waals surface area (Å²) in [6.45, 7) is 6.06. The molecule has 4 nitrogen and oxygen atoms in total. The van der Waals surface area contributed by atoms with Crippen molar-refractivity contribution >= 4 is 11.6 Å². The second-order valence-corrected chi connectivity index (χ2v) is 5.51. The molecule has 1 aromatic carbocycles. The number of aryl methyl sites for hydroxylation is 1. The molecule has 0 saturated carbocycles. The van der Waals surface area contributed by atoms with Gasteiger partial charge in [-0.15, -0.1) is 0 Å². The number of anilines is 1. The number of para-hydroxylation sites is 1. The molecule has 0 saturated heterocycles. The van der Waals surface area contributed by atoms with Gasteiger partial charge in [-0.05, 0) is 44.5 Å². The highest BCUT2D eigenvalue weighted by Crippen LogP contribution is 2.35. The number of carbonyl (C=O) groups is 1. The van der Waals surface area contributed by atoms with Crippen LogP contribution in [0.25, 0.3) is 0 Å². The van der Waals surface area contributed by atoms with Crippen molar-refractivity contribution in [3.63, 3.8) is 0 Å². The molecule has 2 aromatic rings. The molecule has 1 aromatic heterocycles. The van der Waals surface area contributed by atoms with E-state index in [0.29, 0.717) is 0 Å². The van der Waals surface area contributed by atoms with Gasteiger partial charge in [0, 0.05) is 11.7 Å². The van der Waals surface area contributed by atoms with E-state index < -0.39 is 0 Å². The molecular weight excluding hydrogens is 264 g/mol. The number of nitrogens with one attached hydrogen (secondary N) is 1. The number of amides is 1. The summed E-state index contributed by atoms with van der Waals surface area (Å²) < 4.78 is 5.75. The summed E-state index contributed by atoms with van der Waals surface area (Å²) in [5.74, 6) is 1.68. The summed E-state index contributed by atoms with van der Waals surface area (Å²) in [4.78, 5) is 14.7. The van der Waals surface area contributed by atoms with Crippen LogP contribution in [-0.4, -0.2) is 16.8 Å². The Kier molecular flexibility index (Phi) is 3.45. The van der Waals surface area contributed by atoms with E-state index in [1.165, 1.54) is 0 Å². The van der Waals surface area contributed by atoms with Crippen molar-refractivity contribution in [2.45, 2.75) is 39.4 Å². The maximum Gasteiger partial charge on any atom is 0.258 e. The fourth-order valence-electron chi connectivity index (χ4n) is 2.73. The molecule has 21 heavy (non-hydrogen) atoms. The van der Waals surface area contributed by atoms with Gasteiger partial charge in [-0.25, -0.2) is 0 Å². The minimum atomic E-state index is -0.254. The predicted octanol–water partition coefficient (Wildman–Crippen LogP) is 3.95. The molecular formula is C17H20N2O2. The predicted molar refractivity (Wildman–Crippen MR) is 82.2 cm³/mol. The number of rotatable bonds is 3. The first-order valence-electron chi connectivity index (χ1n) is 7.36. The van der Waals surface area contributed by atoms with Crippen molar-refractivity contribution in [3.8, 4) is 0 Å². The average molecular weight is 284 g/mol. The van der Waals surface area contributed by atoms with Gasteiger partial charge in [0.1, 0.15) is 11.5 Å². The molecule has 4 heteroatoms. The van der Waals surface area contributed by atoms with Crippen LogP contribution in [0.2, 0.25) is 0 Å². The normalized spacial score (nSPS) is 19.1. The number of hydrogen-bond donors (Lipinski definition) is 1. The standard InChI is InChI=1S/C17H20N2O2/c1-4-11(2)19-16(15-10-9-12(3)21-15)18-14-8-6-5-7-13(14)17(19)20/h5-11,16,18H,4H2,1-3H3/t11-,16+/m0/s1. The van der Waals surface area contributed by atoms with Crippen molar-refractivity contribution < 1.29 is 9.21 Å². The second-order valence-electron chi connectivity index (χ2n) is 5.51. The van der Waals surface area contributed by atoms with Gasteiger partial charge in [-0.1, -0.05) is 19.1 Å². The topological polar surface area (TPSA) is 45.5 Å². The number of furan rings is 1. The quantitative estimate of drug-likeness (QED) is 0.928. The lowest BCUT2D eigenvalue weighted by Crippen LogP contribution is -2.47. The van der Waals surface area contributed by atoms with Crippen LogP contribution in [0, 0.1) is 6.92 Å². The summed E-state index contributed by atoms with van der Waals surface area (Å²) in [5, 5.41) is 3.43. The first-order chi connectivity index (χ1) is 10.1. The Morgan fingerprint density at radius 2 is 2.05 bits per heavy atom. The summed E-state index contributed by atoms with van der Waals surface area (Å²) in [6.07, 6.45) is 0.641. The molecule has 110 valence electrons. The summed E-state index contributed by atoms with van der Waals surface area (Å²) in [5.41, 5.74) is 1.58. The van der Waals surface area contributed by atoms with Crippen molar-refractivity contribution in [1.82, 2.24) is 4.90 Å². The lowest BCUT2D eigenvalue weighted by atomic mass is 10.0. The number of carbonyl (C=O) groups excluding carboxylic acids is 1. The lowest BCUT2D eigenvalue weighted by Gasteiger charge is -2.40. The maximum atomic E-state index is 12.9. The molecule has 2 atom stereocenters. The fraction of sp³-hybridized carbons (Fsp3) is 0.353. The largest absolute Gasteiger partial charge is 0.462 e. The minimum absolute atomic E-state index is 0.0535. The molecule has 1 aliphatic heterocycles. The molecule has 2 heterocycles. The van der Waals surface area contributed by atoms with Gasteiger partial charge in [0.2, 0.25) is 0 Å². The van der Waals surface area contributed by atoms with E-state index in [4.69, 9.17) is 4.42 Å². The SMILES string of the molecule is CC[C@H](C)N1C(=O)c2ccccc2N[C@H]1c1ccc(C)o1. The zero-order valence-electron chi connectivity index (χ0n) is 12.6. The van der Waals surface area contributed by atoms with Crippen LogP contribution in [-0.2, 0) is 0 Å². The van der Waals surface area contributed by atoms with Gasteiger partial charge in [0.15, 0.2) is 6.17 Å². The number of hydrogen-bond acceptors (Lipinski definition) is 3. The summed E-state index contributed by atoms with van der Waals surface area (Å²) in [6, 6.07) is 11.6. The molecule has 0 radical (unpaired) electrons. The minimum Gasteiger partial charge on any atom is -0.462 e. The Morgan fingerprint density at radius 3 is 2.71 bits per heavy atom. The van der Waals surface area contributed by atoms with Gasteiger partial charge in [0.05, 0.1) is 5.56 Å². The highest BCUT2D eigenvalue weighted by atomic mass is 16.3. The second kappa shape index (κ2) is 5.28. The van der Waals surface area contributed by atoms with E-state index in [9.17, 15) is 4.79 Å². The zero-order valence-corrected chi connectivity index (χ0v) is 12.6. The van der Waals surface area contributed by atoms with E-state index in [0.717, 1.165) is 29.2 Å². The van der Waals surface area contributed by atoms with Crippen molar-refractivity contribution in [2.24, 2.45) is 0 Å². The molecule has 3 rings (SSSR count). The van der Waals surface area contributed by atoms with E-state index in [1.54, 1.807) is 0 Å². The van der Waals surface area contributed by atoms with Crippen LogP contribution in [0.15, 0.2) is 40.8 Å². The molecule has 0 bridgehead atoms. The summed E-state index contributed by atoms with van der Waals surface area (Å²) >= 11 is 0. The smallest absolute Gasteiger partial charge is 0.258 e. The first kappa shape index (κ1) is 13.7. The van der Waals surface area contributed by atoms with Gasteiger partial charge >= 0.3 is 0 Å². The molecule has 1 N–H and O–H groups in total. The number of benzene rings is 1. The van der Waals surface area contributed by atoms with Crippen LogP contribution in [0.5, 0.6) is 0 Å². The van der Waals surface area contributed by atoms with E-state index in [2.05, 4.69) is 19.2 Å². The first-order valence-corrected chi connectivity index (χ1v) is 7.36. The van der Waals surface area contributed by atoms with Crippen LogP contribution in [0.1, 0.15) is 48.3 Å². The Morgan fingerprint density at radius 1 is 1.29 bits per heavy atom. The lowest BCUT2D eigenvalue weighted by molar-refractivity contribution is 0.0566.